The number of carbonyl (C=O) groups is 1. The molecule has 1 aliphatic rings. The zero-order chi connectivity index (χ0) is 22.4. The molecule has 0 saturated carbocycles. The van der Waals surface area contributed by atoms with Crippen LogP contribution in [0.5, 0.6) is 0 Å². The van der Waals surface area contributed by atoms with Crippen molar-refractivity contribution in [3.05, 3.63) is 69.6 Å². The second-order valence-corrected chi connectivity index (χ2v) is 8.78. The van der Waals surface area contributed by atoms with Gasteiger partial charge in [-0.25, -0.2) is 0 Å². The largest absolute Gasteiger partial charge is 0.394 e. The van der Waals surface area contributed by atoms with Crippen molar-refractivity contribution in [2.45, 2.75) is 31.8 Å². The molecule has 164 valence electrons. The third kappa shape index (κ3) is 3.37. The lowest BCUT2D eigenvalue weighted by Gasteiger charge is -2.42. The Morgan fingerprint density at radius 1 is 1.28 bits per heavy atom. The Balaban J connectivity index is 1.53. The summed E-state index contributed by atoms with van der Waals surface area (Å²) in [6.45, 7) is 1.85. The first-order chi connectivity index (χ1) is 15.5. The van der Waals surface area contributed by atoms with E-state index >= 15 is 0 Å². The molecule has 9 heteroatoms. The number of halogens is 2. The number of aromatic amines is 2. The van der Waals surface area contributed by atoms with Gasteiger partial charge in [0, 0.05) is 22.2 Å². The minimum absolute atomic E-state index is 0.0625. The van der Waals surface area contributed by atoms with Crippen molar-refractivity contribution in [1.82, 2.24) is 25.3 Å². The average Bonchev–Trinajstić information content (AvgIpc) is 3.45. The number of nitrogens with one attached hydrogen (secondary N) is 2. The van der Waals surface area contributed by atoms with Gasteiger partial charge in [-0.2, -0.15) is 10.2 Å². The van der Waals surface area contributed by atoms with E-state index in [-0.39, 0.29) is 36.2 Å². The number of carbonyl (C=O) groups excluding carboxylic acids is 1. The van der Waals surface area contributed by atoms with Crippen molar-refractivity contribution in [1.29, 1.82) is 0 Å². The van der Waals surface area contributed by atoms with Crippen LogP contribution in [0.2, 0.25) is 10.2 Å². The SMILES string of the molecule is C[C@H]1c2cccc(-c3cn[nH]c3)c2C[C@H](CO)N1C(=O)Cc1c(Cl)ccc2[nH]nc(Cl)c12. The van der Waals surface area contributed by atoms with Gasteiger partial charge in [0.2, 0.25) is 5.91 Å². The molecule has 4 aromatic rings. The van der Waals surface area contributed by atoms with Crippen LogP contribution in [0.1, 0.15) is 29.7 Å². The third-order valence-corrected chi connectivity index (χ3v) is 6.91. The van der Waals surface area contributed by atoms with Gasteiger partial charge in [0.25, 0.3) is 0 Å². The van der Waals surface area contributed by atoms with Gasteiger partial charge in [0.05, 0.1) is 36.8 Å². The summed E-state index contributed by atoms with van der Waals surface area (Å²) >= 11 is 12.7. The van der Waals surface area contributed by atoms with E-state index in [1.807, 2.05) is 31.3 Å². The van der Waals surface area contributed by atoms with Crippen LogP contribution in [-0.4, -0.2) is 49.0 Å². The molecule has 0 aliphatic carbocycles. The highest BCUT2D eigenvalue weighted by molar-refractivity contribution is 6.37. The van der Waals surface area contributed by atoms with Crippen LogP contribution in [0.4, 0.5) is 0 Å². The molecule has 3 N–H and O–H groups in total. The Kier molecular flexibility index (Phi) is 5.41. The molecule has 2 aromatic heterocycles. The fourth-order valence-electron chi connectivity index (χ4n) is 4.80. The van der Waals surface area contributed by atoms with E-state index < -0.39 is 0 Å². The molecule has 5 rings (SSSR count). The maximum absolute atomic E-state index is 13.6. The predicted molar refractivity (Wildman–Crippen MR) is 124 cm³/mol. The van der Waals surface area contributed by atoms with E-state index in [2.05, 4.69) is 20.4 Å². The number of hydrogen-bond acceptors (Lipinski definition) is 4. The first-order valence-electron chi connectivity index (χ1n) is 10.3. The number of hydrogen-bond donors (Lipinski definition) is 3. The average molecular weight is 470 g/mol. The van der Waals surface area contributed by atoms with Crippen molar-refractivity contribution in [3.63, 3.8) is 0 Å². The van der Waals surface area contributed by atoms with E-state index in [0.717, 1.165) is 27.8 Å². The Hall–Kier alpha value is -2.87. The molecule has 32 heavy (non-hydrogen) atoms. The number of aliphatic hydroxyl groups is 1. The van der Waals surface area contributed by atoms with Crippen molar-refractivity contribution >= 4 is 40.0 Å². The fourth-order valence-corrected chi connectivity index (χ4v) is 5.28. The maximum Gasteiger partial charge on any atom is 0.227 e. The molecule has 1 amide bonds. The van der Waals surface area contributed by atoms with E-state index in [9.17, 15) is 9.90 Å². The van der Waals surface area contributed by atoms with E-state index in [1.165, 1.54) is 0 Å². The predicted octanol–water partition coefficient (Wildman–Crippen LogP) is 4.31. The minimum atomic E-state index is -0.351. The van der Waals surface area contributed by atoms with Gasteiger partial charge in [-0.1, -0.05) is 41.4 Å². The second-order valence-electron chi connectivity index (χ2n) is 8.02. The van der Waals surface area contributed by atoms with Crippen molar-refractivity contribution < 1.29 is 9.90 Å². The molecule has 3 heterocycles. The maximum atomic E-state index is 13.6. The number of aliphatic hydroxyl groups excluding tert-OH is 1. The minimum Gasteiger partial charge on any atom is -0.394 e. The number of nitrogens with zero attached hydrogens (tertiary/aromatic N) is 3. The van der Waals surface area contributed by atoms with Gasteiger partial charge >= 0.3 is 0 Å². The van der Waals surface area contributed by atoms with Gasteiger partial charge < -0.3 is 10.0 Å². The lowest BCUT2D eigenvalue weighted by atomic mass is 9.84. The van der Waals surface area contributed by atoms with E-state index in [1.54, 1.807) is 23.2 Å². The Morgan fingerprint density at radius 2 is 2.12 bits per heavy atom. The highest BCUT2D eigenvalue weighted by atomic mass is 35.5. The van der Waals surface area contributed by atoms with Crippen LogP contribution >= 0.6 is 23.2 Å². The number of fused-ring (bicyclic) bond motifs is 2. The molecule has 0 radical (unpaired) electrons. The van der Waals surface area contributed by atoms with Crippen molar-refractivity contribution in [2.24, 2.45) is 0 Å². The fraction of sp³-hybridized carbons (Fsp3) is 0.261. The van der Waals surface area contributed by atoms with E-state index in [4.69, 9.17) is 23.2 Å². The quantitative estimate of drug-likeness (QED) is 0.414. The highest BCUT2D eigenvalue weighted by Crippen LogP contribution is 2.39. The Bertz CT molecular complexity index is 1300. The zero-order valence-electron chi connectivity index (χ0n) is 17.3. The molecule has 1 aliphatic heterocycles. The molecule has 7 nitrogen and oxygen atoms in total. The smallest absolute Gasteiger partial charge is 0.227 e. The Morgan fingerprint density at radius 3 is 2.88 bits per heavy atom. The summed E-state index contributed by atoms with van der Waals surface area (Å²) in [5, 5.41) is 25.4. The summed E-state index contributed by atoms with van der Waals surface area (Å²) in [6, 6.07) is 9.03. The summed E-state index contributed by atoms with van der Waals surface area (Å²) in [5.74, 6) is -0.123. The van der Waals surface area contributed by atoms with Crippen LogP contribution in [0, 0.1) is 0 Å². The van der Waals surface area contributed by atoms with Gasteiger partial charge in [-0.15, -0.1) is 0 Å². The van der Waals surface area contributed by atoms with Crippen LogP contribution in [0.3, 0.4) is 0 Å². The number of amides is 1. The third-order valence-electron chi connectivity index (χ3n) is 6.29. The van der Waals surface area contributed by atoms with Gasteiger partial charge in [0.1, 0.15) is 0 Å². The molecular formula is C23H21Cl2N5O2. The molecular weight excluding hydrogens is 449 g/mol. The molecule has 0 spiro atoms. The van der Waals surface area contributed by atoms with Crippen molar-refractivity contribution in [2.75, 3.05) is 6.61 Å². The molecule has 0 fully saturated rings. The number of benzene rings is 2. The summed E-state index contributed by atoms with van der Waals surface area (Å²) in [7, 11) is 0. The molecule has 0 saturated heterocycles. The van der Waals surface area contributed by atoms with Crippen LogP contribution in [0.15, 0.2) is 42.7 Å². The number of H-pyrrole nitrogens is 2. The topological polar surface area (TPSA) is 97.9 Å². The van der Waals surface area contributed by atoms with Crippen LogP contribution in [-0.2, 0) is 17.6 Å². The monoisotopic (exact) mass is 469 g/mol. The summed E-state index contributed by atoms with van der Waals surface area (Å²) in [5.41, 5.74) is 5.59. The van der Waals surface area contributed by atoms with Gasteiger partial charge in [-0.3, -0.25) is 15.0 Å². The lowest BCUT2D eigenvalue weighted by Crippen LogP contribution is -2.49. The van der Waals surface area contributed by atoms with Gasteiger partial charge in [0.15, 0.2) is 5.15 Å². The second kappa shape index (κ2) is 8.24. The lowest BCUT2D eigenvalue weighted by molar-refractivity contribution is -0.137. The van der Waals surface area contributed by atoms with Crippen molar-refractivity contribution in [3.8, 4) is 11.1 Å². The molecule has 0 bridgehead atoms. The highest BCUT2D eigenvalue weighted by Gasteiger charge is 2.36. The van der Waals surface area contributed by atoms with E-state index in [0.29, 0.717) is 22.4 Å². The number of rotatable bonds is 4. The summed E-state index contributed by atoms with van der Waals surface area (Å²) in [6.07, 6.45) is 4.24. The zero-order valence-corrected chi connectivity index (χ0v) is 18.8. The standard InChI is InChI=1S/C23H21Cl2N5O2/c1-12-15-3-2-4-16(13-9-26-27-10-13)17(15)7-14(11-31)30(12)21(32)8-18-19(24)5-6-20-22(18)23(25)29-28-20/h2-6,9-10,12,14,31H,7-8,11H2,1H3,(H,26,27)(H,28,29)/t12-,14+/m0/s1. The molecule has 2 aromatic carbocycles. The molecule has 2 atom stereocenters. The number of aromatic nitrogens is 4. The Labute approximate surface area is 194 Å². The van der Waals surface area contributed by atoms with Crippen LogP contribution < -0.4 is 0 Å². The first-order valence-corrected chi connectivity index (χ1v) is 11.1. The molecule has 0 unspecified atom stereocenters. The normalized spacial score (nSPS) is 18.2. The first kappa shape index (κ1) is 21.0. The van der Waals surface area contributed by atoms with Crippen LogP contribution in [0.25, 0.3) is 22.0 Å². The summed E-state index contributed by atoms with van der Waals surface area (Å²) in [4.78, 5) is 15.3. The summed E-state index contributed by atoms with van der Waals surface area (Å²) < 4.78 is 0. The van der Waals surface area contributed by atoms with Gasteiger partial charge in [-0.05, 0) is 47.7 Å².